The van der Waals surface area contributed by atoms with E-state index in [4.69, 9.17) is 5.26 Å². The monoisotopic (exact) mass is 269 g/mol. The van der Waals surface area contributed by atoms with Crippen LogP contribution in [0.4, 0.5) is 0 Å². The van der Waals surface area contributed by atoms with Gasteiger partial charge < -0.3 is 10.2 Å². The normalized spacial score (nSPS) is 25.9. The molecule has 1 N–H and O–H groups in total. The number of nitriles is 1. The van der Waals surface area contributed by atoms with Gasteiger partial charge in [-0.2, -0.15) is 5.26 Å². The van der Waals surface area contributed by atoms with E-state index in [9.17, 15) is 4.79 Å². The summed E-state index contributed by atoms with van der Waals surface area (Å²) in [6.07, 6.45) is 2.73. The molecule has 0 aromatic heterocycles. The molecule has 0 bridgehead atoms. The Balaban J connectivity index is 1.76. The minimum Gasteiger partial charge on any atom is -0.335 e. The van der Waals surface area contributed by atoms with Crippen molar-refractivity contribution in [3.63, 3.8) is 0 Å². The molecule has 2 unspecified atom stereocenters. The number of hydrogen-bond acceptors (Lipinski definition) is 3. The van der Waals surface area contributed by atoms with E-state index in [2.05, 4.69) is 16.3 Å². The lowest BCUT2D eigenvalue weighted by atomic mass is 9.84. The summed E-state index contributed by atoms with van der Waals surface area (Å²) in [6, 6.07) is 10.1. The van der Waals surface area contributed by atoms with Crippen LogP contribution in [0.15, 0.2) is 24.3 Å². The number of benzene rings is 1. The Morgan fingerprint density at radius 3 is 2.85 bits per heavy atom. The summed E-state index contributed by atoms with van der Waals surface area (Å²) in [5, 5.41) is 12.2. The maximum atomic E-state index is 12.2. The summed E-state index contributed by atoms with van der Waals surface area (Å²) in [5.41, 5.74) is 1.77. The van der Waals surface area contributed by atoms with E-state index in [0.29, 0.717) is 30.5 Å². The van der Waals surface area contributed by atoms with Gasteiger partial charge in [0, 0.05) is 19.0 Å². The van der Waals surface area contributed by atoms with Crippen molar-refractivity contribution in [2.75, 3.05) is 13.1 Å². The molecule has 0 aliphatic carbocycles. The number of nitrogens with one attached hydrogen (secondary N) is 1. The van der Waals surface area contributed by atoms with Crippen molar-refractivity contribution < 1.29 is 4.79 Å². The highest BCUT2D eigenvalue weighted by Crippen LogP contribution is 2.29. The zero-order valence-corrected chi connectivity index (χ0v) is 11.5. The van der Waals surface area contributed by atoms with E-state index in [-0.39, 0.29) is 5.91 Å². The van der Waals surface area contributed by atoms with E-state index in [1.54, 1.807) is 0 Å². The van der Waals surface area contributed by atoms with Gasteiger partial charge in [-0.15, -0.1) is 0 Å². The third-order valence-electron chi connectivity index (χ3n) is 4.45. The molecule has 1 aromatic rings. The number of carbonyl (C=O) groups excluding carboxylic acids is 1. The molecule has 2 atom stereocenters. The molecule has 1 aromatic carbocycles. The van der Waals surface area contributed by atoms with E-state index in [0.717, 1.165) is 31.5 Å². The average Bonchev–Trinajstić information content (AvgIpc) is 2.51. The maximum absolute atomic E-state index is 12.2. The fourth-order valence-corrected chi connectivity index (χ4v) is 3.34. The lowest BCUT2D eigenvalue weighted by Crippen LogP contribution is -2.54. The van der Waals surface area contributed by atoms with Crippen LogP contribution in [-0.4, -0.2) is 29.9 Å². The molecule has 0 saturated carbocycles. The molecule has 2 saturated heterocycles. The van der Waals surface area contributed by atoms with Gasteiger partial charge in [0.05, 0.1) is 11.6 Å². The van der Waals surface area contributed by atoms with Crippen molar-refractivity contribution in [3.8, 4) is 6.07 Å². The Kier molecular flexibility index (Phi) is 3.70. The molecule has 104 valence electrons. The molecule has 2 aliphatic rings. The third-order valence-corrected chi connectivity index (χ3v) is 4.45. The molecule has 0 spiro atoms. The Hall–Kier alpha value is -1.86. The average molecular weight is 269 g/mol. The molecule has 2 fully saturated rings. The van der Waals surface area contributed by atoms with Gasteiger partial charge in [-0.05, 0) is 49.5 Å². The van der Waals surface area contributed by atoms with Crippen molar-refractivity contribution in [2.24, 2.45) is 5.92 Å². The predicted molar refractivity (Wildman–Crippen MR) is 75.7 cm³/mol. The third kappa shape index (κ3) is 2.54. The smallest absolute Gasteiger partial charge is 0.223 e. The maximum Gasteiger partial charge on any atom is 0.223 e. The van der Waals surface area contributed by atoms with E-state index in [1.165, 1.54) is 0 Å². The number of amides is 1. The molecule has 20 heavy (non-hydrogen) atoms. The van der Waals surface area contributed by atoms with Crippen LogP contribution < -0.4 is 5.32 Å². The van der Waals surface area contributed by atoms with E-state index < -0.39 is 0 Å². The van der Waals surface area contributed by atoms with Crippen molar-refractivity contribution in [1.29, 1.82) is 5.26 Å². The molecule has 2 heterocycles. The Bertz CT molecular complexity index is 532. The molecule has 3 rings (SSSR count). The summed E-state index contributed by atoms with van der Waals surface area (Å²) in [7, 11) is 0. The standard InChI is InChI=1S/C16H19N3O/c17-9-12-1-3-13(4-2-12)11-19-15-7-8-18-10-14(15)5-6-16(19)20/h1-4,14-15,18H,5-8,10-11H2. The van der Waals surface area contributed by atoms with Crippen LogP contribution in [0.2, 0.25) is 0 Å². The topological polar surface area (TPSA) is 56.1 Å². The minimum atomic E-state index is 0.275. The molecule has 4 heteroatoms. The number of nitrogens with zero attached hydrogens (tertiary/aromatic N) is 2. The summed E-state index contributed by atoms with van der Waals surface area (Å²) in [6.45, 7) is 2.70. The van der Waals surface area contributed by atoms with Gasteiger partial charge in [0.15, 0.2) is 0 Å². The number of fused-ring (bicyclic) bond motifs is 1. The van der Waals surface area contributed by atoms with Crippen molar-refractivity contribution in [3.05, 3.63) is 35.4 Å². The van der Waals surface area contributed by atoms with Gasteiger partial charge in [-0.1, -0.05) is 12.1 Å². The van der Waals surface area contributed by atoms with Crippen LogP contribution in [0.1, 0.15) is 30.4 Å². The first-order valence-corrected chi connectivity index (χ1v) is 7.27. The van der Waals surface area contributed by atoms with Gasteiger partial charge >= 0.3 is 0 Å². The largest absolute Gasteiger partial charge is 0.335 e. The van der Waals surface area contributed by atoms with Crippen LogP contribution in [0, 0.1) is 17.2 Å². The van der Waals surface area contributed by atoms with Gasteiger partial charge in [0.2, 0.25) is 5.91 Å². The summed E-state index contributed by atoms with van der Waals surface area (Å²) in [4.78, 5) is 14.3. The Morgan fingerprint density at radius 2 is 2.10 bits per heavy atom. The number of rotatable bonds is 2. The molecular weight excluding hydrogens is 250 g/mol. The highest BCUT2D eigenvalue weighted by Gasteiger charge is 2.36. The first-order valence-electron chi connectivity index (χ1n) is 7.27. The van der Waals surface area contributed by atoms with E-state index >= 15 is 0 Å². The fraction of sp³-hybridized carbons (Fsp3) is 0.500. The first-order chi connectivity index (χ1) is 9.78. The number of likely N-dealkylation sites (tertiary alicyclic amines) is 1. The van der Waals surface area contributed by atoms with Crippen LogP contribution in [0.3, 0.4) is 0 Å². The lowest BCUT2D eigenvalue weighted by molar-refractivity contribution is -0.140. The number of hydrogen-bond donors (Lipinski definition) is 1. The second-order valence-electron chi connectivity index (χ2n) is 5.69. The van der Waals surface area contributed by atoms with Gasteiger partial charge in [0.1, 0.15) is 0 Å². The molecule has 0 radical (unpaired) electrons. The first kappa shape index (κ1) is 13.1. The molecule has 1 amide bonds. The zero-order valence-electron chi connectivity index (χ0n) is 11.5. The van der Waals surface area contributed by atoms with Crippen LogP contribution >= 0.6 is 0 Å². The quantitative estimate of drug-likeness (QED) is 0.888. The van der Waals surface area contributed by atoms with Crippen LogP contribution in [0.25, 0.3) is 0 Å². The predicted octanol–water partition coefficient (Wildman–Crippen LogP) is 1.66. The summed E-state index contributed by atoms with van der Waals surface area (Å²) in [5.74, 6) is 0.873. The summed E-state index contributed by atoms with van der Waals surface area (Å²) < 4.78 is 0. The van der Waals surface area contributed by atoms with Crippen molar-refractivity contribution in [2.45, 2.75) is 31.8 Å². The Morgan fingerprint density at radius 1 is 1.30 bits per heavy atom. The molecular formula is C16H19N3O. The number of carbonyl (C=O) groups is 1. The van der Waals surface area contributed by atoms with E-state index in [1.807, 2.05) is 24.3 Å². The Labute approximate surface area is 119 Å². The fourth-order valence-electron chi connectivity index (χ4n) is 3.34. The summed E-state index contributed by atoms with van der Waals surface area (Å²) >= 11 is 0. The highest BCUT2D eigenvalue weighted by atomic mass is 16.2. The zero-order chi connectivity index (χ0) is 13.9. The second-order valence-corrected chi connectivity index (χ2v) is 5.69. The van der Waals surface area contributed by atoms with Crippen LogP contribution in [0.5, 0.6) is 0 Å². The van der Waals surface area contributed by atoms with Crippen molar-refractivity contribution in [1.82, 2.24) is 10.2 Å². The number of piperidine rings is 2. The van der Waals surface area contributed by atoms with Gasteiger partial charge in [0.25, 0.3) is 0 Å². The lowest BCUT2D eigenvalue weighted by Gasteiger charge is -2.44. The van der Waals surface area contributed by atoms with Crippen molar-refractivity contribution >= 4 is 5.91 Å². The molecule has 2 aliphatic heterocycles. The van der Waals surface area contributed by atoms with Gasteiger partial charge in [-0.3, -0.25) is 4.79 Å². The highest BCUT2D eigenvalue weighted by molar-refractivity contribution is 5.77. The molecule has 4 nitrogen and oxygen atoms in total. The SMILES string of the molecule is N#Cc1ccc(CN2C(=O)CCC3CNCCC32)cc1. The minimum absolute atomic E-state index is 0.275. The second kappa shape index (κ2) is 5.64. The van der Waals surface area contributed by atoms with Crippen LogP contribution in [-0.2, 0) is 11.3 Å². The van der Waals surface area contributed by atoms with Gasteiger partial charge in [-0.25, -0.2) is 0 Å².